The van der Waals surface area contributed by atoms with Crippen LogP contribution in [-0.2, 0) is 9.59 Å². The molecule has 0 fully saturated rings. The number of ketones is 1. The zero-order valence-electron chi connectivity index (χ0n) is 8.20. The van der Waals surface area contributed by atoms with Crippen LogP contribution in [0.15, 0.2) is 0 Å². The second-order valence-electron chi connectivity index (χ2n) is 3.73. The summed E-state index contributed by atoms with van der Waals surface area (Å²) < 4.78 is 0. The van der Waals surface area contributed by atoms with Crippen LogP contribution in [0.5, 0.6) is 0 Å². The molecule has 4 nitrogen and oxygen atoms in total. The maximum atomic E-state index is 11.2. The summed E-state index contributed by atoms with van der Waals surface area (Å²) >= 11 is 0. The lowest BCUT2D eigenvalue weighted by molar-refractivity contribution is -0.163. The average molecular weight is 188 g/mol. The van der Waals surface area contributed by atoms with Gasteiger partial charge >= 0.3 is 5.97 Å². The molecule has 2 N–H and O–H groups in total. The van der Waals surface area contributed by atoms with E-state index in [1.807, 2.05) is 13.8 Å². The molecule has 0 aromatic heterocycles. The molecule has 0 rings (SSSR count). The molecule has 0 aliphatic carbocycles. The lowest BCUT2D eigenvalue weighted by Gasteiger charge is -2.16. The van der Waals surface area contributed by atoms with Gasteiger partial charge in [-0.1, -0.05) is 13.8 Å². The maximum absolute atomic E-state index is 11.2. The van der Waals surface area contributed by atoms with Crippen LogP contribution in [0.2, 0.25) is 0 Å². The third-order valence-corrected chi connectivity index (χ3v) is 1.91. The number of carbonyl (C=O) groups excluding carboxylic acids is 1. The zero-order chi connectivity index (χ0) is 10.6. The van der Waals surface area contributed by atoms with Gasteiger partial charge in [0.05, 0.1) is 0 Å². The second-order valence-corrected chi connectivity index (χ2v) is 3.73. The van der Waals surface area contributed by atoms with E-state index in [2.05, 4.69) is 0 Å². The number of hydrogen-bond donors (Lipinski definition) is 2. The van der Waals surface area contributed by atoms with Crippen LogP contribution >= 0.6 is 0 Å². The molecule has 1 unspecified atom stereocenters. The molecular formula is C9H16O4. The Kier molecular flexibility index (Phi) is 4.07. The van der Waals surface area contributed by atoms with Gasteiger partial charge in [-0.25, -0.2) is 4.79 Å². The number of carbonyl (C=O) groups is 2. The van der Waals surface area contributed by atoms with E-state index in [9.17, 15) is 14.7 Å². The van der Waals surface area contributed by atoms with Crippen LogP contribution in [0.1, 0.15) is 33.6 Å². The van der Waals surface area contributed by atoms with Crippen LogP contribution in [-0.4, -0.2) is 27.6 Å². The van der Waals surface area contributed by atoms with E-state index in [0.717, 1.165) is 6.92 Å². The van der Waals surface area contributed by atoms with Crippen molar-refractivity contribution >= 4 is 11.8 Å². The summed E-state index contributed by atoms with van der Waals surface area (Å²) in [6.07, 6.45) is 0.708. The van der Waals surface area contributed by atoms with Crippen molar-refractivity contribution in [1.82, 2.24) is 0 Å². The molecular weight excluding hydrogens is 172 g/mol. The molecule has 0 aliphatic rings. The Hall–Kier alpha value is -0.900. The number of Topliss-reactive ketones (excluding diaryl/α,β-unsaturated/α-hetero) is 1. The summed E-state index contributed by atoms with van der Waals surface area (Å²) in [5.41, 5.74) is -2.23. The van der Waals surface area contributed by atoms with Crippen molar-refractivity contribution in [3.05, 3.63) is 0 Å². The van der Waals surface area contributed by atoms with Crippen LogP contribution in [0.25, 0.3) is 0 Å². The van der Waals surface area contributed by atoms with Gasteiger partial charge in [0.25, 0.3) is 0 Å². The normalized spacial score (nSPS) is 15.5. The van der Waals surface area contributed by atoms with E-state index in [0.29, 0.717) is 12.3 Å². The SMILES string of the molecule is CC(C)CCC(=O)C(C)(O)C(=O)O. The highest BCUT2D eigenvalue weighted by molar-refractivity contribution is 6.05. The molecule has 0 bridgehead atoms. The van der Waals surface area contributed by atoms with Crippen LogP contribution in [0, 0.1) is 5.92 Å². The van der Waals surface area contributed by atoms with E-state index in [-0.39, 0.29) is 6.42 Å². The predicted molar refractivity (Wildman–Crippen MR) is 47.3 cm³/mol. The van der Waals surface area contributed by atoms with Crippen LogP contribution < -0.4 is 0 Å². The molecule has 0 aliphatic heterocycles. The van der Waals surface area contributed by atoms with Gasteiger partial charge in [-0.2, -0.15) is 0 Å². The molecule has 76 valence electrons. The van der Waals surface area contributed by atoms with Crippen molar-refractivity contribution in [2.24, 2.45) is 5.92 Å². The lowest BCUT2D eigenvalue weighted by Crippen LogP contribution is -2.43. The maximum Gasteiger partial charge on any atom is 0.343 e. The molecule has 0 heterocycles. The monoisotopic (exact) mass is 188 g/mol. The van der Waals surface area contributed by atoms with Crippen molar-refractivity contribution in [3.8, 4) is 0 Å². The first-order chi connectivity index (χ1) is 5.78. The standard InChI is InChI=1S/C9H16O4/c1-6(2)4-5-7(10)9(3,13)8(11)12/h6,13H,4-5H2,1-3H3,(H,11,12). The summed E-state index contributed by atoms with van der Waals surface area (Å²) in [7, 11) is 0. The van der Waals surface area contributed by atoms with Crippen molar-refractivity contribution < 1.29 is 19.8 Å². The fourth-order valence-electron chi connectivity index (χ4n) is 0.782. The van der Waals surface area contributed by atoms with Gasteiger partial charge in [0.2, 0.25) is 5.60 Å². The van der Waals surface area contributed by atoms with Gasteiger partial charge in [-0.05, 0) is 19.3 Å². The fourth-order valence-corrected chi connectivity index (χ4v) is 0.782. The number of aliphatic hydroxyl groups is 1. The minimum Gasteiger partial charge on any atom is -0.479 e. The number of carboxylic acids is 1. The van der Waals surface area contributed by atoms with Crippen molar-refractivity contribution in [2.45, 2.75) is 39.2 Å². The Bertz CT molecular complexity index is 206. The highest BCUT2D eigenvalue weighted by Crippen LogP contribution is 2.12. The summed E-state index contributed by atoms with van der Waals surface area (Å²) in [4.78, 5) is 21.6. The van der Waals surface area contributed by atoms with E-state index < -0.39 is 17.4 Å². The Balaban J connectivity index is 4.18. The molecule has 0 saturated carbocycles. The average Bonchev–Trinajstić information content (AvgIpc) is 1.99. The van der Waals surface area contributed by atoms with Gasteiger partial charge in [0.15, 0.2) is 5.78 Å². The van der Waals surface area contributed by atoms with E-state index >= 15 is 0 Å². The van der Waals surface area contributed by atoms with E-state index in [1.54, 1.807) is 0 Å². The first-order valence-corrected chi connectivity index (χ1v) is 4.27. The molecule has 0 aromatic rings. The minimum absolute atomic E-state index is 0.108. The quantitative estimate of drug-likeness (QED) is 0.626. The third-order valence-electron chi connectivity index (χ3n) is 1.91. The van der Waals surface area contributed by atoms with Crippen LogP contribution in [0.4, 0.5) is 0 Å². The van der Waals surface area contributed by atoms with Gasteiger partial charge in [-0.3, -0.25) is 4.79 Å². The number of rotatable bonds is 5. The van der Waals surface area contributed by atoms with Crippen molar-refractivity contribution in [1.29, 1.82) is 0 Å². The Morgan fingerprint density at radius 1 is 1.38 bits per heavy atom. The van der Waals surface area contributed by atoms with Gasteiger partial charge in [-0.15, -0.1) is 0 Å². The number of aliphatic carboxylic acids is 1. The highest BCUT2D eigenvalue weighted by atomic mass is 16.4. The van der Waals surface area contributed by atoms with E-state index in [1.165, 1.54) is 0 Å². The lowest BCUT2D eigenvalue weighted by atomic mass is 9.95. The molecule has 1 atom stereocenters. The Morgan fingerprint density at radius 2 is 1.85 bits per heavy atom. The first-order valence-electron chi connectivity index (χ1n) is 4.27. The highest BCUT2D eigenvalue weighted by Gasteiger charge is 2.37. The Morgan fingerprint density at radius 3 is 2.15 bits per heavy atom. The molecule has 0 radical (unpaired) electrons. The molecule has 4 heteroatoms. The molecule has 0 aromatic carbocycles. The molecule has 0 spiro atoms. The smallest absolute Gasteiger partial charge is 0.343 e. The summed E-state index contributed by atoms with van der Waals surface area (Å²) in [5, 5.41) is 17.7. The largest absolute Gasteiger partial charge is 0.479 e. The fraction of sp³-hybridized carbons (Fsp3) is 0.778. The summed E-state index contributed by atoms with van der Waals surface area (Å²) in [5.74, 6) is -1.79. The molecule has 0 saturated heterocycles. The Labute approximate surface area is 77.6 Å². The first kappa shape index (κ1) is 12.1. The van der Waals surface area contributed by atoms with Crippen molar-refractivity contribution in [2.75, 3.05) is 0 Å². The topological polar surface area (TPSA) is 74.6 Å². The van der Waals surface area contributed by atoms with E-state index in [4.69, 9.17) is 5.11 Å². The number of hydrogen-bond acceptors (Lipinski definition) is 3. The number of carboxylic acid groups (broad SMARTS) is 1. The zero-order valence-corrected chi connectivity index (χ0v) is 8.20. The molecule has 13 heavy (non-hydrogen) atoms. The second kappa shape index (κ2) is 4.37. The summed E-state index contributed by atoms with van der Waals surface area (Å²) in [6, 6.07) is 0. The van der Waals surface area contributed by atoms with Gasteiger partial charge in [0, 0.05) is 6.42 Å². The predicted octanol–water partition coefficient (Wildman–Crippen LogP) is 0.827. The van der Waals surface area contributed by atoms with Gasteiger partial charge in [0.1, 0.15) is 0 Å². The minimum atomic E-state index is -2.23. The van der Waals surface area contributed by atoms with Gasteiger partial charge < -0.3 is 10.2 Å². The van der Waals surface area contributed by atoms with Crippen LogP contribution in [0.3, 0.4) is 0 Å². The third kappa shape index (κ3) is 3.55. The van der Waals surface area contributed by atoms with Crippen molar-refractivity contribution in [3.63, 3.8) is 0 Å². The summed E-state index contributed by atoms with van der Waals surface area (Å²) in [6.45, 7) is 4.88. The molecule has 0 amide bonds.